The van der Waals surface area contributed by atoms with E-state index in [-0.39, 0.29) is 19.4 Å². The zero-order chi connectivity index (χ0) is 34.7. The number of fused-ring (bicyclic) bond motifs is 1. The number of H-pyrrole nitrogens is 1. The molecule has 0 fully saturated rings. The van der Waals surface area contributed by atoms with Crippen LogP contribution in [0, 0.1) is 5.92 Å². The maximum Gasteiger partial charge on any atom is 0.408 e. The van der Waals surface area contributed by atoms with Crippen molar-refractivity contribution in [3.05, 3.63) is 102 Å². The molecule has 1 heterocycles. The number of benzene rings is 3. The molecule has 4 rings (SSSR count). The molecular formula is C34H40N5O8P. The SMILES string of the molecule is CCC(C)C(NC(=O)[C@@H](Cc1c[nH]cn1)NC(=O)[C@@H](Cc1cccc2ccccc12)NC(=O)OCc1ccccc1)P(=O)(O)CC(=O)O. The van der Waals surface area contributed by atoms with Gasteiger partial charge in [0.2, 0.25) is 19.2 Å². The van der Waals surface area contributed by atoms with E-state index in [1.807, 2.05) is 48.5 Å². The predicted octanol–water partition coefficient (Wildman–Crippen LogP) is 3.97. The first-order valence-corrected chi connectivity index (χ1v) is 17.4. The van der Waals surface area contributed by atoms with Crippen molar-refractivity contribution in [2.75, 3.05) is 6.16 Å². The Labute approximate surface area is 278 Å². The predicted molar refractivity (Wildman–Crippen MR) is 179 cm³/mol. The Bertz CT molecular complexity index is 1750. The van der Waals surface area contributed by atoms with Gasteiger partial charge in [0, 0.05) is 19.0 Å². The zero-order valence-corrected chi connectivity index (χ0v) is 27.6. The summed E-state index contributed by atoms with van der Waals surface area (Å²) in [6, 6.07) is 19.7. The molecule has 3 amide bonds. The molecule has 0 aliphatic rings. The third kappa shape index (κ3) is 10.00. The minimum absolute atomic E-state index is 0.0337. The van der Waals surface area contributed by atoms with Crippen LogP contribution in [0.5, 0.6) is 0 Å². The third-order valence-corrected chi connectivity index (χ3v) is 10.2. The number of hydrogen-bond donors (Lipinski definition) is 6. The van der Waals surface area contributed by atoms with Crippen LogP contribution in [0.1, 0.15) is 37.1 Å². The van der Waals surface area contributed by atoms with Crippen LogP contribution in [-0.2, 0) is 43.1 Å². The average Bonchev–Trinajstić information content (AvgIpc) is 3.58. The van der Waals surface area contributed by atoms with Crippen molar-refractivity contribution in [1.29, 1.82) is 0 Å². The number of rotatable bonds is 16. The number of nitrogens with zero attached hydrogens (tertiary/aromatic N) is 1. The number of imidazole rings is 1. The van der Waals surface area contributed by atoms with E-state index in [1.165, 1.54) is 12.5 Å². The highest BCUT2D eigenvalue weighted by Crippen LogP contribution is 2.48. The maximum absolute atomic E-state index is 14.0. The minimum Gasteiger partial charge on any atom is -0.481 e. The summed E-state index contributed by atoms with van der Waals surface area (Å²) < 4.78 is 18.5. The van der Waals surface area contributed by atoms with Crippen LogP contribution in [0.4, 0.5) is 4.79 Å². The third-order valence-electron chi connectivity index (χ3n) is 8.00. The molecular weight excluding hydrogens is 637 g/mol. The molecule has 254 valence electrons. The van der Waals surface area contributed by atoms with E-state index in [0.29, 0.717) is 12.1 Å². The number of amides is 3. The molecule has 0 radical (unpaired) electrons. The summed E-state index contributed by atoms with van der Waals surface area (Å²) in [5, 5.41) is 18.9. The fraction of sp³-hybridized carbons (Fsp3) is 0.324. The smallest absolute Gasteiger partial charge is 0.408 e. The lowest BCUT2D eigenvalue weighted by Crippen LogP contribution is -2.56. The van der Waals surface area contributed by atoms with Gasteiger partial charge in [-0.15, -0.1) is 0 Å². The first-order chi connectivity index (χ1) is 23.0. The standard InChI is InChI=1S/C34H40N5O8P/c1-3-22(2)33(48(45,46)20-30(40)41)39-32(43)29(17-26-18-35-21-36-26)37-31(42)28(38-34(44)47-19-23-10-5-4-6-11-23)16-25-14-9-13-24-12-7-8-15-27(24)25/h4-15,18,21-22,28-29,33H,3,16-17,19-20H2,1-2H3,(H,35,36)(H,37,42)(H,38,44)(H,39,43)(H,40,41)(H,45,46)/t22?,28-,29-,33?/m1/s1. The number of aromatic nitrogens is 2. The van der Waals surface area contributed by atoms with Crippen molar-refractivity contribution < 1.29 is 38.5 Å². The maximum atomic E-state index is 14.0. The Morgan fingerprint density at radius 3 is 2.25 bits per heavy atom. The Morgan fingerprint density at radius 2 is 1.56 bits per heavy atom. The Kier molecular flexibility index (Phi) is 12.5. The second-order valence-corrected chi connectivity index (χ2v) is 14.0. The molecule has 1 aromatic heterocycles. The lowest BCUT2D eigenvalue weighted by molar-refractivity contribution is -0.134. The molecule has 0 aliphatic heterocycles. The van der Waals surface area contributed by atoms with E-state index in [2.05, 4.69) is 25.9 Å². The summed E-state index contributed by atoms with van der Waals surface area (Å²) >= 11 is 0. The zero-order valence-electron chi connectivity index (χ0n) is 26.7. The van der Waals surface area contributed by atoms with E-state index in [0.717, 1.165) is 21.9 Å². The number of hydrogen-bond acceptors (Lipinski definition) is 7. The second kappa shape index (κ2) is 16.7. The Hall–Kier alpha value is -5.00. The van der Waals surface area contributed by atoms with Crippen LogP contribution in [0.25, 0.3) is 10.8 Å². The van der Waals surface area contributed by atoms with Gasteiger partial charge in [0.1, 0.15) is 30.6 Å². The quantitative estimate of drug-likeness (QED) is 0.0950. The summed E-state index contributed by atoms with van der Waals surface area (Å²) in [5.41, 5.74) is 1.92. The average molecular weight is 678 g/mol. The van der Waals surface area contributed by atoms with E-state index >= 15 is 0 Å². The van der Waals surface area contributed by atoms with Gasteiger partial charge in [-0.2, -0.15) is 0 Å². The number of nitrogens with one attached hydrogen (secondary N) is 4. The van der Waals surface area contributed by atoms with Crippen LogP contribution in [-0.4, -0.2) is 67.9 Å². The molecule has 3 unspecified atom stereocenters. The van der Waals surface area contributed by atoms with Crippen LogP contribution in [0.2, 0.25) is 0 Å². The normalized spacial score (nSPS) is 14.9. The van der Waals surface area contributed by atoms with Crippen molar-refractivity contribution in [2.24, 2.45) is 5.92 Å². The van der Waals surface area contributed by atoms with Crippen molar-refractivity contribution in [1.82, 2.24) is 25.9 Å². The molecule has 5 atom stereocenters. The molecule has 48 heavy (non-hydrogen) atoms. The molecule has 0 aliphatic carbocycles. The summed E-state index contributed by atoms with van der Waals surface area (Å²) in [6.45, 7) is 3.34. The number of aromatic amines is 1. The lowest BCUT2D eigenvalue weighted by Gasteiger charge is -2.30. The van der Waals surface area contributed by atoms with Crippen molar-refractivity contribution in [2.45, 2.75) is 57.6 Å². The van der Waals surface area contributed by atoms with Gasteiger partial charge in [-0.1, -0.05) is 93.1 Å². The van der Waals surface area contributed by atoms with Gasteiger partial charge >= 0.3 is 12.1 Å². The van der Waals surface area contributed by atoms with Crippen LogP contribution in [0.3, 0.4) is 0 Å². The topological polar surface area (TPSA) is 200 Å². The minimum atomic E-state index is -4.41. The highest BCUT2D eigenvalue weighted by atomic mass is 31.2. The molecule has 3 aromatic carbocycles. The summed E-state index contributed by atoms with van der Waals surface area (Å²) in [7, 11) is -4.41. The number of carboxylic acid groups (broad SMARTS) is 1. The molecule has 4 aromatic rings. The first kappa shape index (κ1) is 35.8. The van der Waals surface area contributed by atoms with Gasteiger partial charge in [0.05, 0.1) is 12.0 Å². The number of alkyl carbamates (subject to hydrolysis) is 1. The summed E-state index contributed by atoms with van der Waals surface area (Å²) in [6.07, 6.45) is 1.35. The monoisotopic (exact) mass is 677 g/mol. The molecule has 0 saturated heterocycles. The summed E-state index contributed by atoms with van der Waals surface area (Å²) in [5.74, 6) is -4.96. The van der Waals surface area contributed by atoms with Gasteiger partial charge < -0.3 is 35.7 Å². The van der Waals surface area contributed by atoms with Crippen LogP contribution < -0.4 is 16.0 Å². The van der Waals surface area contributed by atoms with Crippen molar-refractivity contribution in [3.8, 4) is 0 Å². The highest BCUT2D eigenvalue weighted by molar-refractivity contribution is 7.59. The number of carbonyl (C=O) groups is 4. The van der Waals surface area contributed by atoms with Gasteiger partial charge in [0.15, 0.2) is 0 Å². The number of ether oxygens (including phenoxy) is 1. The fourth-order valence-corrected chi connectivity index (χ4v) is 7.22. The van der Waals surface area contributed by atoms with E-state index in [4.69, 9.17) is 4.74 Å². The molecule has 0 saturated carbocycles. The lowest BCUT2D eigenvalue weighted by atomic mass is 9.98. The Balaban J connectivity index is 1.61. The number of carboxylic acids is 1. The highest BCUT2D eigenvalue weighted by Gasteiger charge is 2.39. The largest absolute Gasteiger partial charge is 0.481 e. The second-order valence-electron chi connectivity index (χ2n) is 11.6. The summed E-state index contributed by atoms with van der Waals surface area (Å²) in [4.78, 5) is 69.7. The van der Waals surface area contributed by atoms with Gasteiger partial charge in [0.25, 0.3) is 0 Å². The van der Waals surface area contributed by atoms with Crippen LogP contribution in [0.15, 0.2) is 85.3 Å². The Morgan fingerprint density at radius 1 is 0.896 bits per heavy atom. The van der Waals surface area contributed by atoms with Gasteiger partial charge in [-0.25, -0.2) is 9.78 Å². The molecule has 13 nitrogen and oxygen atoms in total. The fourth-order valence-electron chi connectivity index (χ4n) is 5.30. The van der Waals surface area contributed by atoms with Gasteiger partial charge in [-0.3, -0.25) is 18.9 Å². The van der Waals surface area contributed by atoms with E-state index in [9.17, 15) is 33.7 Å². The molecule has 0 bridgehead atoms. The first-order valence-electron chi connectivity index (χ1n) is 15.5. The van der Waals surface area contributed by atoms with Crippen LogP contribution >= 0.6 is 7.37 Å². The number of carbonyl (C=O) groups excluding carboxylic acids is 3. The molecule has 0 spiro atoms. The van der Waals surface area contributed by atoms with Crippen molar-refractivity contribution in [3.63, 3.8) is 0 Å². The van der Waals surface area contributed by atoms with Gasteiger partial charge in [-0.05, 0) is 27.8 Å². The van der Waals surface area contributed by atoms with Crippen molar-refractivity contribution >= 4 is 42.0 Å². The molecule has 14 heteroatoms. The number of aliphatic carboxylic acids is 1. The van der Waals surface area contributed by atoms with E-state index in [1.54, 1.807) is 38.1 Å². The van der Waals surface area contributed by atoms with E-state index < -0.39 is 61.2 Å². The molecule has 6 N–H and O–H groups in total.